The van der Waals surface area contributed by atoms with Crippen LogP contribution in [-0.4, -0.2) is 40.6 Å². The van der Waals surface area contributed by atoms with E-state index in [1.165, 1.54) is 49.7 Å². The molecule has 0 aliphatic carbocycles. The average Bonchev–Trinajstić information content (AvgIpc) is 3.03. The topological polar surface area (TPSA) is 33.1 Å². The highest BCUT2D eigenvalue weighted by atomic mass is 15.2. The van der Waals surface area contributed by atoms with Crippen molar-refractivity contribution in [1.82, 2.24) is 19.8 Å². The molecule has 0 bridgehead atoms. The second kappa shape index (κ2) is 5.73. The highest BCUT2D eigenvalue weighted by molar-refractivity contribution is 5.24. The van der Waals surface area contributed by atoms with Crippen molar-refractivity contribution in [2.24, 2.45) is 0 Å². The Morgan fingerprint density at radius 1 is 1.24 bits per heavy atom. The van der Waals surface area contributed by atoms with E-state index in [-0.39, 0.29) is 5.41 Å². The molecule has 118 valence electrons. The number of rotatable bonds is 3. The Balaban J connectivity index is 1.92. The summed E-state index contributed by atoms with van der Waals surface area (Å²) in [6, 6.07) is 0.520. The molecule has 1 aromatic heterocycles. The summed E-state index contributed by atoms with van der Waals surface area (Å²) in [6.45, 7) is 15.0. The minimum absolute atomic E-state index is 0.108. The van der Waals surface area contributed by atoms with E-state index in [1.54, 1.807) is 0 Å². The molecule has 4 heteroatoms. The fourth-order valence-corrected chi connectivity index (χ4v) is 3.76. The van der Waals surface area contributed by atoms with Crippen molar-refractivity contribution in [2.45, 2.75) is 65.0 Å². The second-order valence-electron chi connectivity index (χ2n) is 7.73. The Morgan fingerprint density at radius 3 is 2.62 bits per heavy atom. The van der Waals surface area contributed by atoms with Gasteiger partial charge in [-0.25, -0.2) is 4.98 Å². The molecule has 1 unspecified atom stereocenters. The van der Waals surface area contributed by atoms with Crippen LogP contribution in [0.2, 0.25) is 0 Å². The van der Waals surface area contributed by atoms with Crippen LogP contribution in [0.25, 0.3) is 0 Å². The lowest BCUT2D eigenvalue weighted by atomic mass is 9.95. The summed E-state index contributed by atoms with van der Waals surface area (Å²) in [5.74, 6) is 1.27. The van der Waals surface area contributed by atoms with Gasteiger partial charge in [0.15, 0.2) is 0 Å². The van der Waals surface area contributed by atoms with E-state index in [0.29, 0.717) is 6.04 Å². The molecule has 3 heterocycles. The van der Waals surface area contributed by atoms with Gasteiger partial charge >= 0.3 is 0 Å². The van der Waals surface area contributed by atoms with Crippen LogP contribution < -0.4 is 5.32 Å². The first-order chi connectivity index (χ1) is 9.97. The Kier molecular flexibility index (Phi) is 4.10. The highest BCUT2D eigenvalue weighted by Gasteiger charge is 2.30. The molecule has 0 aromatic carbocycles. The monoisotopic (exact) mass is 290 g/mol. The first-order valence-electron chi connectivity index (χ1n) is 8.50. The third-order valence-electron chi connectivity index (χ3n) is 4.76. The number of nitrogens with one attached hydrogen (secondary N) is 1. The van der Waals surface area contributed by atoms with Gasteiger partial charge in [0.1, 0.15) is 5.82 Å². The van der Waals surface area contributed by atoms with E-state index in [1.807, 2.05) is 0 Å². The predicted octanol–water partition coefficient (Wildman–Crippen LogP) is 2.48. The van der Waals surface area contributed by atoms with Gasteiger partial charge in [-0.05, 0) is 32.9 Å². The quantitative estimate of drug-likeness (QED) is 0.928. The second-order valence-corrected chi connectivity index (χ2v) is 7.73. The van der Waals surface area contributed by atoms with Crippen molar-refractivity contribution in [3.63, 3.8) is 0 Å². The van der Waals surface area contributed by atoms with Gasteiger partial charge in [-0.15, -0.1) is 0 Å². The number of nitrogens with zero attached hydrogens (tertiary/aromatic N) is 3. The molecular weight excluding hydrogens is 260 g/mol. The zero-order valence-corrected chi connectivity index (χ0v) is 14.1. The third-order valence-corrected chi connectivity index (χ3v) is 4.76. The van der Waals surface area contributed by atoms with E-state index < -0.39 is 0 Å². The lowest BCUT2D eigenvalue weighted by Gasteiger charge is -2.29. The molecule has 21 heavy (non-hydrogen) atoms. The van der Waals surface area contributed by atoms with Crippen LogP contribution in [0.1, 0.15) is 63.8 Å². The molecular formula is C17H30N4. The van der Waals surface area contributed by atoms with E-state index in [0.717, 1.165) is 19.5 Å². The first kappa shape index (κ1) is 15.0. The number of fused-ring (bicyclic) bond motifs is 1. The lowest BCUT2D eigenvalue weighted by Crippen LogP contribution is -2.32. The van der Waals surface area contributed by atoms with Crippen LogP contribution in [0.5, 0.6) is 0 Å². The normalized spacial score (nSPS) is 21.5. The lowest BCUT2D eigenvalue weighted by molar-refractivity contribution is 0.276. The van der Waals surface area contributed by atoms with Crippen LogP contribution in [0, 0.1) is 0 Å². The van der Waals surface area contributed by atoms with E-state index in [2.05, 4.69) is 42.5 Å². The van der Waals surface area contributed by atoms with Crippen LogP contribution in [0.3, 0.4) is 0 Å². The summed E-state index contributed by atoms with van der Waals surface area (Å²) in [4.78, 5) is 7.62. The number of likely N-dealkylation sites (tertiary alicyclic amines) is 1. The van der Waals surface area contributed by atoms with Gasteiger partial charge in [-0.3, -0.25) is 0 Å². The first-order valence-corrected chi connectivity index (χ1v) is 8.50. The minimum Gasteiger partial charge on any atom is -0.327 e. The third kappa shape index (κ3) is 3.02. The number of hydrogen-bond acceptors (Lipinski definition) is 3. The molecule has 1 fully saturated rings. The molecule has 1 N–H and O–H groups in total. The van der Waals surface area contributed by atoms with E-state index in [4.69, 9.17) is 4.98 Å². The van der Waals surface area contributed by atoms with Crippen LogP contribution >= 0.6 is 0 Å². The molecule has 2 aliphatic rings. The van der Waals surface area contributed by atoms with Gasteiger partial charge in [-0.1, -0.05) is 20.8 Å². The molecule has 1 atom stereocenters. The number of aromatic nitrogens is 2. The Bertz CT molecular complexity index is 492. The van der Waals surface area contributed by atoms with Gasteiger partial charge in [-0.2, -0.15) is 0 Å². The molecule has 0 saturated carbocycles. The van der Waals surface area contributed by atoms with Crippen molar-refractivity contribution in [3.8, 4) is 0 Å². The fraction of sp³-hybridized carbons (Fsp3) is 0.824. The zero-order chi connectivity index (χ0) is 15.0. The Morgan fingerprint density at radius 2 is 1.95 bits per heavy atom. The molecule has 0 radical (unpaired) electrons. The fourth-order valence-electron chi connectivity index (χ4n) is 3.76. The van der Waals surface area contributed by atoms with Gasteiger partial charge < -0.3 is 14.8 Å². The molecule has 1 aromatic rings. The smallest absolute Gasteiger partial charge is 0.114 e. The molecule has 2 aliphatic heterocycles. The zero-order valence-electron chi connectivity index (χ0n) is 14.1. The van der Waals surface area contributed by atoms with Crippen molar-refractivity contribution in [1.29, 1.82) is 0 Å². The van der Waals surface area contributed by atoms with Crippen LogP contribution in [-0.2, 0) is 18.4 Å². The average molecular weight is 290 g/mol. The summed E-state index contributed by atoms with van der Waals surface area (Å²) in [5.41, 5.74) is 2.86. The van der Waals surface area contributed by atoms with Crippen molar-refractivity contribution in [2.75, 3.05) is 26.2 Å². The summed E-state index contributed by atoms with van der Waals surface area (Å²) in [7, 11) is 0. The van der Waals surface area contributed by atoms with Crippen molar-refractivity contribution >= 4 is 0 Å². The molecule has 4 nitrogen and oxygen atoms in total. The van der Waals surface area contributed by atoms with E-state index in [9.17, 15) is 0 Å². The Labute approximate surface area is 128 Å². The predicted molar refractivity (Wildman–Crippen MR) is 86.7 cm³/mol. The van der Waals surface area contributed by atoms with Crippen LogP contribution in [0.15, 0.2) is 0 Å². The maximum Gasteiger partial charge on any atom is 0.114 e. The molecule has 0 spiro atoms. The largest absolute Gasteiger partial charge is 0.327 e. The molecule has 3 rings (SSSR count). The SMILES string of the molecule is CC(CN1CCCC1)n1c(C(C)(C)C)nc2c1CCNC2. The summed E-state index contributed by atoms with van der Waals surface area (Å²) in [6.07, 6.45) is 3.85. The van der Waals surface area contributed by atoms with Gasteiger partial charge in [0.05, 0.1) is 5.69 Å². The molecule has 1 saturated heterocycles. The van der Waals surface area contributed by atoms with Crippen molar-refractivity contribution < 1.29 is 0 Å². The van der Waals surface area contributed by atoms with Gasteiger partial charge in [0.25, 0.3) is 0 Å². The molecule has 0 amide bonds. The number of imidazole rings is 1. The highest BCUT2D eigenvalue weighted by Crippen LogP contribution is 2.30. The van der Waals surface area contributed by atoms with Crippen molar-refractivity contribution in [3.05, 3.63) is 17.2 Å². The maximum atomic E-state index is 5.00. The number of hydrogen-bond donors (Lipinski definition) is 1. The summed E-state index contributed by atoms with van der Waals surface area (Å²) in [5, 5.41) is 3.46. The standard InChI is InChI=1S/C17H30N4/c1-13(12-20-9-5-6-10-20)21-15-7-8-18-11-14(15)19-16(21)17(2,3)4/h13,18H,5-12H2,1-4H3. The maximum absolute atomic E-state index is 5.00. The van der Waals surface area contributed by atoms with Crippen LogP contribution in [0.4, 0.5) is 0 Å². The van der Waals surface area contributed by atoms with E-state index >= 15 is 0 Å². The summed E-state index contributed by atoms with van der Waals surface area (Å²) < 4.78 is 2.56. The minimum atomic E-state index is 0.108. The van der Waals surface area contributed by atoms with Gasteiger partial charge in [0, 0.05) is 43.2 Å². The summed E-state index contributed by atoms with van der Waals surface area (Å²) >= 11 is 0. The van der Waals surface area contributed by atoms with Gasteiger partial charge in [0.2, 0.25) is 0 Å². The Hall–Kier alpha value is -0.870.